The molecule has 0 amide bonds. The number of aryl methyl sites for hydroxylation is 1. The lowest BCUT2D eigenvalue weighted by Crippen LogP contribution is -2.52. The molecule has 1 heterocycles. The Hall–Kier alpha value is -1.77. The van der Waals surface area contributed by atoms with Crippen LogP contribution in [0.3, 0.4) is 0 Å². The average molecular weight is 419 g/mol. The largest absolute Gasteiger partial charge is 0.389 e. The summed E-state index contributed by atoms with van der Waals surface area (Å²) in [5, 5.41) is 24.6. The van der Waals surface area contributed by atoms with Crippen molar-refractivity contribution in [2.45, 2.75) is 42.8 Å². The van der Waals surface area contributed by atoms with E-state index in [4.69, 9.17) is 0 Å². The maximum Gasteiger partial charge on any atom is 0.243 e. The van der Waals surface area contributed by atoms with Gasteiger partial charge in [-0.15, -0.1) is 0 Å². The summed E-state index contributed by atoms with van der Waals surface area (Å²) >= 11 is 0. The van der Waals surface area contributed by atoms with E-state index < -0.39 is 21.7 Å². The molecule has 29 heavy (non-hydrogen) atoms. The number of nitrogens with zero attached hydrogens (tertiary/aromatic N) is 1. The van der Waals surface area contributed by atoms with Crippen molar-refractivity contribution < 1.29 is 18.6 Å². The maximum atomic E-state index is 12.8. The predicted octanol–water partition coefficient (Wildman–Crippen LogP) is 1.66. The molecule has 3 N–H and O–H groups in total. The predicted molar refractivity (Wildman–Crippen MR) is 113 cm³/mol. The molecular weight excluding hydrogens is 388 g/mol. The van der Waals surface area contributed by atoms with Crippen molar-refractivity contribution in [2.75, 3.05) is 26.2 Å². The summed E-state index contributed by atoms with van der Waals surface area (Å²) in [7, 11) is -3.76. The number of hydrogen-bond acceptors (Lipinski definition) is 5. The molecule has 0 aliphatic carbocycles. The Labute approximate surface area is 173 Å². The van der Waals surface area contributed by atoms with Gasteiger partial charge in [0, 0.05) is 31.6 Å². The number of hydrogen-bond donors (Lipinski definition) is 3. The molecule has 2 aromatic carbocycles. The lowest BCUT2D eigenvalue weighted by Gasteiger charge is -2.30. The maximum absolute atomic E-state index is 12.8. The molecule has 0 saturated carbocycles. The number of nitrogens with one attached hydrogen (secondary N) is 1. The van der Waals surface area contributed by atoms with E-state index in [1.807, 2.05) is 6.92 Å². The summed E-state index contributed by atoms with van der Waals surface area (Å²) in [5.41, 5.74) is 0.651. The lowest BCUT2D eigenvalue weighted by atomic mass is 9.84. The van der Waals surface area contributed by atoms with Crippen molar-refractivity contribution in [2.24, 2.45) is 0 Å². The molecule has 0 spiro atoms. The average Bonchev–Trinajstić information content (AvgIpc) is 2.98. The van der Waals surface area contributed by atoms with Crippen molar-refractivity contribution in [1.29, 1.82) is 0 Å². The Morgan fingerprint density at radius 1 is 1.14 bits per heavy atom. The Morgan fingerprint density at radius 3 is 2.38 bits per heavy atom. The molecular formula is C22H30N2O4S. The molecule has 6 nitrogen and oxygen atoms in total. The molecule has 7 heteroatoms. The van der Waals surface area contributed by atoms with Crippen LogP contribution in [0.4, 0.5) is 0 Å². The number of benzene rings is 2. The van der Waals surface area contributed by atoms with E-state index >= 15 is 0 Å². The number of sulfonamides is 1. The van der Waals surface area contributed by atoms with Crippen LogP contribution >= 0.6 is 0 Å². The van der Waals surface area contributed by atoms with E-state index in [0.29, 0.717) is 6.54 Å². The van der Waals surface area contributed by atoms with Crippen LogP contribution in [-0.4, -0.2) is 60.8 Å². The first-order chi connectivity index (χ1) is 13.5. The van der Waals surface area contributed by atoms with Crippen LogP contribution in [0.15, 0.2) is 59.5 Å². The van der Waals surface area contributed by atoms with Crippen molar-refractivity contribution in [3.8, 4) is 0 Å². The molecule has 1 fully saturated rings. The van der Waals surface area contributed by atoms with E-state index in [0.717, 1.165) is 4.31 Å². The van der Waals surface area contributed by atoms with Crippen LogP contribution in [0.5, 0.6) is 0 Å². The van der Waals surface area contributed by atoms with Gasteiger partial charge in [0.25, 0.3) is 0 Å². The zero-order valence-corrected chi connectivity index (χ0v) is 18.0. The summed E-state index contributed by atoms with van der Waals surface area (Å²) in [6, 6.07) is 16.4. The van der Waals surface area contributed by atoms with Crippen LogP contribution in [0.1, 0.15) is 25.0 Å². The number of aliphatic hydroxyl groups is 2. The molecule has 1 saturated heterocycles. The summed E-state index contributed by atoms with van der Waals surface area (Å²) in [6.45, 7) is 6.65. The summed E-state index contributed by atoms with van der Waals surface area (Å²) in [6.07, 6.45) is -1.16. The van der Waals surface area contributed by atoms with Gasteiger partial charge < -0.3 is 15.5 Å². The molecule has 158 valence electrons. The molecule has 0 unspecified atom stereocenters. The van der Waals surface area contributed by atoms with Crippen LogP contribution < -0.4 is 5.32 Å². The highest BCUT2D eigenvalue weighted by Crippen LogP contribution is 2.28. The smallest absolute Gasteiger partial charge is 0.243 e. The third-order valence-electron chi connectivity index (χ3n) is 5.66. The minimum atomic E-state index is -3.76. The van der Waals surface area contributed by atoms with E-state index in [9.17, 15) is 18.6 Å². The first-order valence-corrected chi connectivity index (χ1v) is 11.2. The van der Waals surface area contributed by atoms with Gasteiger partial charge in [-0.25, -0.2) is 8.42 Å². The van der Waals surface area contributed by atoms with Gasteiger partial charge >= 0.3 is 0 Å². The normalized spacial score (nSPS) is 23.4. The molecule has 2 atom stereocenters. The molecule has 0 aromatic heterocycles. The standard InChI is InChI=1S/C22H30N2O4S/c1-17-9-11-18(12-10-17)21(2,3)14-23-15-22(26)16-24(13-20(22)25)29(27,28)19-7-5-4-6-8-19/h4-12,20,23,25-26H,13-16H2,1-3H3/t20-,22+/m1/s1. The fourth-order valence-corrected chi connectivity index (χ4v) is 5.16. The minimum absolute atomic E-state index is 0.101. The van der Waals surface area contributed by atoms with E-state index in [1.165, 1.54) is 23.3 Å². The van der Waals surface area contributed by atoms with E-state index in [2.05, 4.69) is 43.4 Å². The van der Waals surface area contributed by atoms with Gasteiger partial charge in [0.05, 0.1) is 11.0 Å². The first-order valence-electron chi connectivity index (χ1n) is 9.78. The number of rotatable bonds is 7. The van der Waals surface area contributed by atoms with Gasteiger partial charge in [-0.05, 0) is 24.6 Å². The Bertz CT molecular complexity index is 929. The third-order valence-corrected chi connectivity index (χ3v) is 7.48. The first kappa shape index (κ1) is 21.9. The topological polar surface area (TPSA) is 89.9 Å². The molecule has 0 bridgehead atoms. The van der Waals surface area contributed by atoms with E-state index in [-0.39, 0.29) is 29.9 Å². The number of β-amino-alcohol motifs (C(OH)–C–C–N with tert-alkyl or cyclic N) is 2. The van der Waals surface area contributed by atoms with Crippen LogP contribution in [0.25, 0.3) is 0 Å². The summed E-state index contributed by atoms with van der Waals surface area (Å²) < 4.78 is 26.7. The molecule has 1 aliphatic heterocycles. The molecule has 3 rings (SSSR count). The lowest BCUT2D eigenvalue weighted by molar-refractivity contribution is -0.0387. The Morgan fingerprint density at radius 2 is 1.76 bits per heavy atom. The zero-order valence-electron chi connectivity index (χ0n) is 17.2. The van der Waals surface area contributed by atoms with Crippen molar-refractivity contribution in [1.82, 2.24) is 9.62 Å². The number of aliphatic hydroxyl groups excluding tert-OH is 1. The zero-order chi connectivity index (χ0) is 21.3. The highest BCUT2D eigenvalue weighted by molar-refractivity contribution is 7.89. The van der Waals surface area contributed by atoms with Gasteiger partial charge in [-0.2, -0.15) is 4.31 Å². The Kier molecular flexibility index (Phi) is 6.17. The Balaban J connectivity index is 1.64. The van der Waals surface area contributed by atoms with Gasteiger partial charge in [-0.3, -0.25) is 0 Å². The highest BCUT2D eigenvalue weighted by atomic mass is 32.2. The van der Waals surface area contributed by atoms with Crippen molar-refractivity contribution in [3.63, 3.8) is 0 Å². The fraction of sp³-hybridized carbons (Fsp3) is 0.455. The van der Waals surface area contributed by atoms with Gasteiger partial charge in [0.15, 0.2) is 0 Å². The summed E-state index contributed by atoms with van der Waals surface area (Å²) in [5.74, 6) is 0. The second-order valence-electron chi connectivity index (χ2n) is 8.58. The quantitative estimate of drug-likeness (QED) is 0.636. The second-order valence-corrected chi connectivity index (χ2v) is 10.5. The summed E-state index contributed by atoms with van der Waals surface area (Å²) in [4.78, 5) is 0.157. The van der Waals surface area contributed by atoms with E-state index in [1.54, 1.807) is 18.2 Å². The minimum Gasteiger partial charge on any atom is -0.389 e. The van der Waals surface area contributed by atoms with Crippen molar-refractivity contribution >= 4 is 10.0 Å². The van der Waals surface area contributed by atoms with Crippen LogP contribution in [0.2, 0.25) is 0 Å². The third kappa shape index (κ3) is 4.70. The van der Waals surface area contributed by atoms with Crippen molar-refractivity contribution in [3.05, 3.63) is 65.7 Å². The fourth-order valence-electron chi connectivity index (χ4n) is 3.63. The van der Waals surface area contributed by atoms with Gasteiger partial charge in [0.1, 0.15) is 5.60 Å². The monoisotopic (exact) mass is 418 g/mol. The second kappa shape index (κ2) is 8.16. The molecule has 2 aromatic rings. The van der Waals surface area contributed by atoms with Crippen LogP contribution in [-0.2, 0) is 15.4 Å². The molecule has 1 aliphatic rings. The van der Waals surface area contributed by atoms with Gasteiger partial charge in [0.2, 0.25) is 10.0 Å². The van der Waals surface area contributed by atoms with Gasteiger partial charge in [-0.1, -0.05) is 61.9 Å². The highest BCUT2D eigenvalue weighted by Gasteiger charge is 2.48. The SMILES string of the molecule is Cc1ccc(C(C)(C)CNC[C@]2(O)CN(S(=O)(=O)c3ccccc3)C[C@H]2O)cc1. The molecule has 0 radical (unpaired) electrons. The van der Waals surface area contributed by atoms with Crippen LogP contribution in [0, 0.1) is 6.92 Å².